The first-order valence-corrected chi connectivity index (χ1v) is 9.51. The van der Waals surface area contributed by atoms with E-state index in [9.17, 15) is 4.39 Å². The normalized spacial score (nSPS) is 32.8. The average molecular weight is 302 g/mol. The van der Waals surface area contributed by atoms with E-state index >= 15 is 0 Å². The van der Waals surface area contributed by atoms with E-state index in [0.29, 0.717) is 5.92 Å². The predicted octanol–water partition coefficient (Wildman–Crippen LogP) is 6.71. The highest BCUT2D eigenvalue weighted by Gasteiger charge is 2.31. The second-order valence-corrected chi connectivity index (χ2v) is 7.74. The topological polar surface area (TPSA) is 0 Å². The quantitative estimate of drug-likeness (QED) is 0.580. The fourth-order valence-corrected chi connectivity index (χ4v) is 5.04. The fourth-order valence-electron chi connectivity index (χ4n) is 5.04. The van der Waals surface area contributed by atoms with Gasteiger partial charge in [0.1, 0.15) is 5.82 Å². The van der Waals surface area contributed by atoms with Gasteiger partial charge in [-0.1, -0.05) is 44.7 Å². The summed E-state index contributed by atoms with van der Waals surface area (Å²) in [6, 6.07) is 7.29. The molecule has 0 unspecified atom stereocenters. The molecule has 2 saturated carbocycles. The Morgan fingerprint density at radius 2 is 1.55 bits per heavy atom. The maximum absolute atomic E-state index is 13.4. The maximum Gasteiger partial charge on any atom is 0.123 e. The molecule has 1 heteroatoms. The maximum atomic E-state index is 13.4. The van der Waals surface area contributed by atoms with Gasteiger partial charge in [0.25, 0.3) is 0 Å². The van der Waals surface area contributed by atoms with Crippen LogP contribution >= 0.6 is 0 Å². The molecule has 0 heterocycles. The average Bonchev–Trinajstić information content (AvgIpc) is 2.56. The summed E-state index contributed by atoms with van der Waals surface area (Å²) < 4.78 is 13.4. The van der Waals surface area contributed by atoms with Crippen molar-refractivity contribution in [3.63, 3.8) is 0 Å². The molecule has 0 aliphatic heterocycles. The summed E-state index contributed by atoms with van der Waals surface area (Å²) in [7, 11) is 0. The number of hydrogen-bond acceptors (Lipinski definition) is 0. The summed E-state index contributed by atoms with van der Waals surface area (Å²) in [6.07, 6.45) is 14.0. The minimum Gasteiger partial charge on any atom is -0.207 e. The molecular weight excluding hydrogens is 271 g/mol. The van der Waals surface area contributed by atoms with E-state index in [-0.39, 0.29) is 5.82 Å². The van der Waals surface area contributed by atoms with Crippen molar-refractivity contribution in [1.82, 2.24) is 0 Å². The van der Waals surface area contributed by atoms with Crippen molar-refractivity contribution < 1.29 is 4.39 Å². The second kappa shape index (κ2) is 7.62. The fraction of sp³-hybridized carbons (Fsp3) is 0.714. The lowest BCUT2D eigenvalue weighted by Gasteiger charge is -2.38. The highest BCUT2D eigenvalue weighted by Crippen LogP contribution is 2.44. The lowest BCUT2D eigenvalue weighted by Crippen LogP contribution is -2.25. The van der Waals surface area contributed by atoms with Gasteiger partial charge in [-0.05, 0) is 79.9 Å². The summed E-state index contributed by atoms with van der Waals surface area (Å²) in [5.74, 6) is 3.48. The molecule has 0 N–H and O–H groups in total. The van der Waals surface area contributed by atoms with Gasteiger partial charge in [0.2, 0.25) is 0 Å². The Morgan fingerprint density at radius 1 is 0.909 bits per heavy atom. The number of benzene rings is 1. The van der Waals surface area contributed by atoms with Gasteiger partial charge in [-0.25, -0.2) is 4.39 Å². The Kier molecular flexibility index (Phi) is 5.55. The molecule has 0 radical (unpaired) electrons. The Morgan fingerprint density at radius 3 is 2.14 bits per heavy atom. The van der Waals surface area contributed by atoms with E-state index in [1.807, 2.05) is 6.07 Å². The van der Waals surface area contributed by atoms with Crippen LogP contribution in [0.25, 0.3) is 0 Å². The molecular formula is C21H31F. The Bertz CT molecular complexity index is 451. The van der Waals surface area contributed by atoms with Crippen molar-refractivity contribution in [2.45, 2.75) is 77.0 Å². The molecule has 22 heavy (non-hydrogen) atoms. The van der Waals surface area contributed by atoms with Crippen LogP contribution < -0.4 is 0 Å². The SMILES string of the molecule is CCC[C@H]1CC[C@H]([C@H]2CC[C@H](c3cccc(F)c3)CC2)CC1. The van der Waals surface area contributed by atoms with Gasteiger partial charge in [-0.15, -0.1) is 0 Å². The molecule has 0 spiro atoms. The van der Waals surface area contributed by atoms with Crippen LogP contribution in [0.2, 0.25) is 0 Å². The summed E-state index contributed by atoms with van der Waals surface area (Å²) >= 11 is 0. The lowest BCUT2D eigenvalue weighted by molar-refractivity contribution is 0.156. The molecule has 0 bridgehead atoms. The van der Waals surface area contributed by atoms with Crippen molar-refractivity contribution in [1.29, 1.82) is 0 Å². The van der Waals surface area contributed by atoms with Gasteiger partial charge in [-0.3, -0.25) is 0 Å². The molecule has 2 aliphatic rings. The van der Waals surface area contributed by atoms with Crippen LogP contribution in [0.3, 0.4) is 0 Å². The monoisotopic (exact) mass is 302 g/mol. The highest BCUT2D eigenvalue weighted by atomic mass is 19.1. The third-order valence-electron chi connectivity index (χ3n) is 6.35. The predicted molar refractivity (Wildman–Crippen MR) is 91.5 cm³/mol. The largest absolute Gasteiger partial charge is 0.207 e. The van der Waals surface area contributed by atoms with E-state index in [2.05, 4.69) is 13.0 Å². The molecule has 2 aliphatic carbocycles. The molecule has 0 saturated heterocycles. The summed E-state index contributed by atoms with van der Waals surface area (Å²) in [5, 5.41) is 0. The number of hydrogen-bond donors (Lipinski definition) is 0. The minimum atomic E-state index is -0.0751. The van der Waals surface area contributed by atoms with E-state index < -0.39 is 0 Å². The van der Waals surface area contributed by atoms with E-state index in [1.54, 1.807) is 12.1 Å². The van der Waals surface area contributed by atoms with Crippen LogP contribution in [0.4, 0.5) is 4.39 Å². The standard InChI is InChI=1S/C21H31F/c1-2-4-16-7-9-17(10-8-16)18-11-13-19(14-12-18)20-5-3-6-21(22)15-20/h3,5-6,15-19H,2,4,7-14H2,1H3/t16-,17-,18-,19-. The van der Waals surface area contributed by atoms with Gasteiger partial charge >= 0.3 is 0 Å². The summed E-state index contributed by atoms with van der Waals surface area (Å²) in [4.78, 5) is 0. The van der Waals surface area contributed by atoms with E-state index in [0.717, 1.165) is 17.8 Å². The van der Waals surface area contributed by atoms with Crippen LogP contribution in [0, 0.1) is 23.6 Å². The zero-order valence-corrected chi connectivity index (χ0v) is 14.1. The van der Waals surface area contributed by atoms with Crippen LogP contribution in [0.1, 0.15) is 82.6 Å². The van der Waals surface area contributed by atoms with Gasteiger partial charge in [-0.2, -0.15) is 0 Å². The molecule has 0 aromatic heterocycles. The van der Waals surface area contributed by atoms with Gasteiger partial charge in [0.05, 0.1) is 0 Å². The summed E-state index contributed by atoms with van der Waals surface area (Å²) in [6.45, 7) is 2.32. The lowest BCUT2D eigenvalue weighted by atomic mass is 9.68. The van der Waals surface area contributed by atoms with Crippen LogP contribution in [-0.4, -0.2) is 0 Å². The summed E-state index contributed by atoms with van der Waals surface area (Å²) in [5.41, 5.74) is 1.23. The Hall–Kier alpha value is -0.850. The zero-order valence-electron chi connectivity index (χ0n) is 14.1. The zero-order chi connectivity index (χ0) is 15.4. The molecule has 0 atom stereocenters. The molecule has 0 nitrogen and oxygen atoms in total. The van der Waals surface area contributed by atoms with E-state index in [1.165, 1.54) is 69.8 Å². The first-order valence-electron chi connectivity index (χ1n) is 9.51. The molecule has 3 rings (SSSR count). The first-order chi connectivity index (χ1) is 10.8. The van der Waals surface area contributed by atoms with Gasteiger partial charge in [0, 0.05) is 0 Å². The van der Waals surface area contributed by atoms with Crippen LogP contribution in [0.15, 0.2) is 24.3 Å². The number of halogens is 1. The van der Waals surface area contributed by atoms with Crippen molar-refractivity contribution in [2.24, 2.45) is 17.8 Å². The molecule has 122 valence electrons. The second-order valence-electron chi connectivity index (χ2n) is 7.74. The smallest absolute Gasteiger partial charge is 0.123 e. The Labute approximate surface area is 135 Å². The first kappa shape index (κ1) is 16.0. The Balaban J connectivity index is 1.48. The minimum absolute atomic E-state index is 0.0751. The van der Waals surface area contributed by atoms with Crippen molar-refractivity contribution >= 4 is 0 Å². The van der Waals surface area contributed by atoms with Crippen LogP contribution in [0.5, 0.6) is 0 Å². The van der Waals surface area contributed by atoms with E-state index in [4.69, 9.17) is 0 Å². The third kappa shape index (κ3) is 3.91. The van der Waals surface area contributed by atoms with Gasteiger partial charge in [0.15, 0.2) is 0 Å². The highest BCUT2D eigenvalue weighted by molar-refractivity contribution is 5.21. The third-order valence-corrected chi connectivity index (χ3v) is 6.35. The van der Waals surface area contributed by atoms with Crippen molar-refractivity contribution in [2.75, 3.05) is 0 Å². The molecule has 2 fully saturated rings. The molecule has 1 aromatic rings. The molecule has 1 aromatic carbocycles. The number of rotatable bonds is 4. The van der Waals surface area contributed by atoms with Crippen molar-refractivity contribution in [3.05, 3.63) is 35.6 Å². The van der Waals surface area contributed by atoms with Crippen LogP contribution in [-0.2, 0) is 0 Å². The van der Waals surface area contributed by atoms with Gasteiger partial charge < -0.3 is 0 Å². The van der Waals surface area contributed by atoms with Crippen molar-refractivity contribution in [3.8, 4) is 0 Å². The molecule has 0 amide bonds.